The van der Waals surface area contributed by atoms with Crippen molar-refractivity contribution in [3.8, 4) is 23.0 Å². The van der Waals surface area contributed by atoms with E-state index in [2.05, 4.69) is 0 Å². The number of benzene rings is 2. The van der Waals surface area contributed by atoms with Crippen LogP contribution >= 0.6 is 0 Å². The van der Waals surface area contributed by atoms with Crippen LogP contribution in [0.1, 0.15) is 17.5 Å². The van der Waals surface area contributed by atoms with E-state index in [4.69, 9.17) is 33.2 Å². The summed E-state index contributed by atoms with van der Waals surface area (Å²) in [6.45, 7) is -0.492. The SMILES string of the molecule is COc1cc(COC2C[C@H](O)C(OCc3cc(OC)c(OC)cc3[N+](=O)[O-])O2)c([N+](=O)[O-])cc1OC. The number of ether oxygens (including phenoxy) is 7. The lowest BCUT2D eigenvalue weighted by Crippen LogP contribution is -2.24. The maximum atomic E-state index is 11.5. The van der Waals surface area contributed by atoms with Crippen molar-refractivity contribution in [2.24, 2.45) is 0 Å². The Kier molecular flexibility index (Phi) is 8.82. The van der Waals surface area contributed by atoms with Crippen molar-refractivity contribution >= 4 is 11.4 Å². The first-order valence-electron chi connectivity index (χ1n) is 10.6. The van der Waals surface area contributed by atoms with Crippen LogP contribution in [0.15, 0.2) is 24.3 Å². The summed E-state index contributed by atoms with van der Waals surface area (Å²) in [5.74, 6) is 0.931. The molecule has 2 aromatic carbocycles. The van der Waals surface area contributed by atoms with Gasteiger partial charge in [-0.1, -0.05) is 0 Å². The Hall–Kier alpha value is -3.72. The molecular formula is C22H26N2O12. The highest BCUT2D eigenvalue weighted by Gasteiger charge is 2.36. The average Bonchev–Trinajstić information content (AvgIpc) is 3.23. The number of nitro benzene ring substituents is 2. The smallest absolute Gasteiger partial charge is 0.278 e. The van der Waals surface area contributed by atoms with Gasteiger partial charge in [-0.25, -0.2) is 0 Å². The number of aliphatic hydroxyl groups is 1. The van der Waals surface area contributed by atoms with E-state index in [1.165, 1.54) is 52.7 Å². The standard InChI is InChI=1S/C22H26N2O12/c1-30-17-5-12(14(23(26)27)7-19(17)32-3)10-34-21-9-16(25)22(36-21)35-11-13-6-18(31-2)20(33-4)8-15(13)24(28)29/h5-8,16,21-22,25H,9-11H2,1-4H3/t16-,21?,22?/m0/s1. The third kappa shape index (κ3) is 5.91. The molecule has 1 saturated heterocycles. The molecular weight excluding hydrogens is 484 g/mol. The van der Waals surface area contributed by atoms with Gasteiger partial charge in [-0.2, -0.15) is 0 Å². The van der Waals surface area contributed by atoms with Gasteiger partial charge in [-0.15, -0.1) is 0 Å². The molecule has 1 aliphatic rings. The van der Waals surface area contributed by atoms with Gasteiger partial charge in [0.2, 0.25) is 0 Å². The Bertz CT molecular complexity index is 1110. The Morgan fingerprint density at radius 2 is 1.22 bits per heavy atom. The van der Waals surface area contributed by atoms with E-state index in [9.17, 15) is 25.3 Å². The summed E-state index contributed by atoms with van der Waals surface area (Å²) in [5, 5.41) is 33.3. The summed E-state index contributed by atoms with van der Waals surface area (Å²) < 4.78 is 37.4. The second kappa shape index (κ2) is 11.8. The fraction of sp³-hybridized carbons (Fsp3) is 0.455. The predicted molar refractivity (Wildman–Crippen MR) is 121 cm³/mol. The van der Waals surface area contributed by atoms with Gasteiger partial charge in [0, 0.05) is 6.42 Å². The number of methoxy groups -OCH3 is 4. The monoisotopic (exact) mass is 510 g/mol. The molecule has 14 nitrogen and oxygen atoms in total. The molecule has 1 aliphatic heterocycles. The Morgan fingerprint density at radius 1 is 0.806 bits per heavy atom. The molecule has 0 saturated carbocycles. The first-order chi connectivity index (χ1) is 17.2. The van der Waals surface area contributed by atoms with Crippen molar-refractivity contribution in [1.29, 1.82) is 0 Å². The van der Waals surface area contributed by atoms with E-state index in [0.717, 1.165) is 0 Å². The molecule has 1 heterocycles. The van der Waals surface area contributed by atoms with E-state index >= 15 is 0 Å². The summed E-state index contributed by atoms with van der Waals surface area (Å²) in [6, 6.07) is 5.27. The Labute approximate surface area is 205 Å². The van der Waals surface area contributed by atoms with Crippen LogP contribution in [0.3, 0.4) is 0 Å². The molecule has 3 rings (SSSR count). The quantitative estimate of drug-likeness (QED) is 0.327. The molecule has 1 fully saturated rings. The Balaban J connectivity index is 1.67. The third-order valence-electron chi connectivity index (χ3n) is 5.42. The van der Waals surface area contributed by atoms with Gasteiger partial charge in [0.05, 0.1) is 74.8 Å². The molecule has 0 aromatic heterocycles. The summed E-state index contributed by atoms with van der Waals surface area (Å²) in [7, 11) is 5.51. The fourth-order valence-electron chi connectivity index (χ4n) is 3.61. The highest BCUT2D eigenvalue weighted by Crippen LogP contribution is 2.37. The van der Waals surface area contributed by atoms with Crippen LogP contribution in [0.2, 0.25) is 0 Å². The first-order valence-corrected chi connectivity index (χ1v) is 10.6. The molecule has 0 radical (unpaired) electrons. The summed E-state index contributed by atoms with van der Waals surface area (Å²) >= 11 is 0. The zero-order valence-corrected chi connectivity index (χ0v) is 20.0. The lowest BCUT2D eigenvalue weighted by molar-refractivity contribution is -0.386. The second-order valence-corrected chi connectivity index (χ2v) is 7.55. The maximum Gasteiger partial charge on any atom is 0.278 e. The van der Waals surface area contributed by atoms with Crippen LogP contribution in [-0.2, 0) is 27.4 Å². The van der Waals surface area contributed by atoms with E-state index < -0.39 is 28.5 Å². The topological polar surface area (TPSA) is 171 Å². The number of hydrogen-bond donors (Lipinski definition) is 1. The summed E-state index contributed by atoms with van der Waals surface area (Å²) in [5.41, 5.74) is -0.103. The molecule has 0 aliphatic carbocycles. The molecule has 14 heteroatoms. The lowest BCUT2D eigenvalue weighted by atomic mass is 10.1. The minimum atomic E-state index is -1.15. The molecule has 36 heavy (non-hydrogen) atoms. The summed E-state index contributed by atoms with van der Waals surface area (Å²) in [4.78, 5) is 21.8. The predicted octanol–water partition coefficient (Wildman–Crippen LogP) is 2.70. The molecule has 3 atom stereocenters. The maximum absolute atomic E-state index is 11.5. The molecule has 196 valence electrons. The largest absolute Gasteiger partial charge is 0.493 e. The molecule has 2 aromatic rings. The van der Waals surface area contributed by atoms with E-state index in [-0.39, 0.29) is 65.1 Å². The van der Waals surface area contributed by atoms with E-state index in [0.29, 0.717) is 0 Å². The molecule has 0 amide bonds. The normalized spacial score (nSPS) is 19.1. The van der Waals surface area contributed by atoms with Crippen molar-refractivity contribution in [3.63, 3.8) is 0 Å². The van der Waals surface area contributed by atoms with Crippen LogP contribution < -0.4 is 18.9 Å². The molecule has 1 N–H and O–H groups in total. The zero-order valence-electron chi connectivity index (χ0n) is 20.0. The number of aliphatic hydroxyl groups excluding tert-OH is 1. The highest BCUT2D eigenvalue weighted by molar-refractivity contribution is 5.55. The average molecular weight is 510 g/mol. The van der Waals surface area contributed by atoms with Gasteiger partial charge in [-0.05, 0) is 12.1 Å². The Morgan fingerprint density at radius 3 is 1.64 bits per heavy atom. The molecule has 0 spiro atoms. The van der Waals surface area contributed by atoms with Crippen LogP contribution in [0.4, 0.5) is 11.4 Å². The second-order valence-electron chi connectivity index (χ2n) is 7.55. The zero-order chi connectivity index (χ0) is 26.4. The fourth-order valence-corrected chi connectivity index (χ4v) is 3.61. The van der Waals surface area contributed by atoms with Crippen molar-refractivity contribution in [3.05, 3.63) is 55.6 Å². The van der Waals surface area contributed by atoms with Crippen molar-refractivity contribution < 1.29 is 48.1 Å². The number of rotatable bonds is 12. The van der Waals surface area contributed by atoms with Gasteiger partial charge in [0.25, 0.3) is 11.4 Å². The molecule has 0 bridgehead atoms. The van der Waals surface area contributed by atoms with Gasteiger partial charge in [-0.3, -0.25) is 20.2 Å². The minimum Gasteiger partial charge on any atom is -0.493 e. The summed E-state index contributed by atoms with van der Waals surface area (Å²) in [6.07, 6.45) is -3.18. The third-order valence-corrected chi connectivity index (χ3v) is 5.42. The van der Waals surface area contributed by atoms with Gasteiger partial charge in [0.15, 0.2) is 35.6 Å². The van der Waals surface area contributed by atoms with Crippen molar-refractivity contribution in [2.45, 2.75) is 38.3 Å². The van der Waals surface area contributed by atoms with Crippen LogP contribution in [-0.4, -0.2) is 62.1 Å². The van der Waals surface area contributed by atoms with Crippen molar-refractivity contribution in [1.82, 2.24) is 0 Å². The number of hydrogen-bond acceptors (Lipinski definition) is 12. The minimum absolute atomic E-state index is 0.0137. The first kappa shape index (κ1) is 26.9. The molecule has 2 unspecified atom stereocenters. The van der Waals surface area contributed by atoms with Crippen LogP contribution in [0.5, 0.6) is 23.0 Å². The van der Waals surface area contributed by atoms with Gasteiger partial charge in [0.1, 0.15) is 6.10 Å². The van der Waals surface area contributed by atoms with Crippen LogP contribution in [0, 0.1) is 20.2 Å². The van der Waals surface area contributed by atoms with E-state index in [1.807, 2.05) is 0 Å². The number of nitro groups is 2. The number of nitrogens with zero attached hydrogens (tertiary/aromatic N) is 2. The van der Waals surface area contributed by atoms with Crippen LogP contribution in [0.25, 0.3) is 0 Å². The van der Waals surface area contributed by atoms with E-state index in [1.54, 1.807) is 0 Å². The van der Waals surface area contributed by atoms with Gasteiger partial charge >= 0.3 is 0 Å². The highest BCUT2D eigenvalue weighted by atomic mass is 16.8. The lowest BCUT2D eigenvalue weighted by Gasteiger charge is -2.17. The van der Waals surface area contributed by atoms with Gasteiger partial charge < -0.3 is 38.3 Å². The van der Waals surface area contributed by atoms with Crippen molar-refractivity contribution in [2.75, 3.05) is 28.4 Å².